The molecule has 1 aliphatic carbocycles. The Kier molecular flexibility index (Phi) is 3.64. The lowest BCUT2D eigenvalue weighted by Crippen LogP contribution is -1.83. The van der Waals surface area contributed by atoms with Crippen LogP contribution in [0.5, 0.6) is 0 Å². The maximum absolute atomic E-state index is 3.65. The van der Waals surface area contributed by atoms with E-state index < -0.39 is 0 Å². The number of rotatable bonds is 5. The molecule has 2 aromatic carbocycles. The Balaban J connectivity index is 1.65. The van der Waals surface area contributed by atoms with Gasteiger partial charge in [-0.25, -0.2) is 0 Å². The SMILES string of the molecule is C=C/C=C\C=C/CC1=CC1c1ccc2ccccc2c1. The summed E-state index contributed by atoms with van der Waals surface area (Å²) < 4.78 is 0. The number of hydrogen-bond acceptors (Lipinski definition) is 0. The zero-order valence-corrected chi connectivity index (χ0v) is 11.5. The van der Waals surface area contributed by atoms with E-state index in [1.807, 2.05) is 12.2 Å². The van der Waals surface area contributed by atoms with E-state index in [4.69, 9.17) is 0 Å². The molecule has 3 rings (SSSR count). The molecule has 0 saturated carbocycles. The summed E-state index contributed by atoms with van der Waals surface area (Å²) in [5, 5.41) is 2.64. The summed E-state index contributed by atoms with van der Waals surface area (Å²) in [6.45, 7) is 3.65. The Labute approximate surface area is 120 Å². The van der Waals surface area contributed by atoms with Crippen LogP contribution in [0.15, 0.2) is 91.1 Å². The van der Waals surface area contributed by atoms with Gasteiger partial charge in [0.15, 0.2) is 0 Å². The fraction of sp³-hybridized carbons (Fsp3) is 0.100. The maximum atomic E-state index is 3.65. The quantitative estimate of drug-likeness (QED) is 0.487. The lowest BCUT2D eigenvalue weighted by Gasteiger charge is -2.03. The highest BCUT2D eigenvalue weighted by Gasteiger charge is 2.24. The molecule has 0 aliphatic heterocycles. The molecule has 1 unspecified atom stereocenters. The first-order valence-electron chi connectivity index (χ1n) is 7.02. The van der Waals surface area contributed by atoms with Gasteiger partial charge in [0.2, 0.25) is 0 Å². The smallest absolute Gasteiger partial charge is 0.0235 e. The van der Waals surface area contributed by atoms with Crippen molar-refractivity contribution in [3.63, 3.8) is 0 Å². The number of allylic oxidation sites excluding steroid dienone is 7. The highest BCUT2D eigenvalue weighted by molar-refractivity contribution is 5.83. The fourth-order valence-electron chi connectivity index (χ4n) is 2.50. The van der Waals surface area contributed by atoms with E-state index in [2.05, 4.69) is 67.3 Å². The minimum atomic E-state index is 0.549. The second kappa shape index (κ2) is 5.75. The van der Waals surface area contributed by atoms with Gasteiger partial charge in [-0.05, 0) is 22.8 Å². The topological polar surface area (TPSA) is 0 Å². The molecular formula is C20H18. The average molecular weight is 258 g/mol. The normalized spacial score (nSPS) is 17.8. The fourth-order valence-corrected chi connectivity index (χ4v) is 2.50. The monoisotopic (exact) mass is 258 g/mol. The van der Waals surface area contributed by atoms with Gasteiger partial charge in [-0.1, -0.05) is 91.1 Å². The van der Waals surface area contributed by atoms with E-state index in [1.54, 1.807) is 6.08 Å². The van der Waals surface area contributed by atoms with Crippen LogP contribution in [0.4, 0.5) is 0 Å². The maximum Gasteiger partial charge on any atom is 0.0235 e. The predicted molar refractivity (Wildman–Crippen MR) is 87.9 cm³/mol. The van der Waals surface area contributed by atoms with Crippen LogP contribution in [0.1, 0.15) is 17.9 Å². The number of benzene rings is 2. The molecule has 0 radical (unpaired) electrons. The minimum absolute atomic E-state index is 0.549. The minimum Gasteiger partial charge on any atom is -0.0991 e. The molecule has 2 aromatic rings. The van der Waals surface area contributed by atoms with Crippen molar-refractivity contribution < 1.29 is 0 Å². The molecule has 0 aromatic heterocycles. The van der Waals surface area contributed by atoms with Gasteiger partial charge in [0.05, 0.1) is 0 Å². The van der Waals surface area contributed by atoms with E-state index in [0.717, 1.165) is 6.42 Å². The van der Waals surface area contributed by atoms with Crippen LogP contribution >= 0.6 is 0 Å². The van der Waals surface area contributed by atoms with Crippen LogP contribution in [0.25, 0.3) is 10.8 Å². The molecular weight excluding hydrogens is 240 g/mol. The Morgan fingerprint density at radius 2 is 1.80 bits per heavy atom. The largest absolute Gasteiger partial charge is 0.0991 e. The Bertz CT molecular complexity index is 714. The van der Waals surface area contributed by atoms with E-state index >= 15 is 0 Å². The molecule has 1 atom stereocenters. The van der Waals surface area contributed by atoms with Crippen LogP contribution in [0, 0.1) is 0 Å². The highest BCUT2D eigenvalue weighted by Crippen LogP contribution is 2.42. The third kappa shape index (κ3) is 2.80. The molecule has 0 fully saturated rings. The Hall–Kier alpha value is -2.34. The van der Waals surface area contributed by atoms with E-state index in [9.17, 15) is 0 Å². The zero-order valence-electron chi connectivity index (χ0n) is 11.5. The summed E-state index contributed by atoms with van der Waals surface area (Å²) in [6, 6.07) is 15.3. The van der Waals surface area contributed by atoms with Gasteiger partial charge in [-0.2, -0.15) is 0 Å². The lowest BCUT2D eigenvalue weighted by molar-refractivity contribution is 1.12. The van der Waals surface area contributed by atoms with Crippen LogP contribution < -0.4 is 0 Å². The van der Waals surface area contributed by atoms with Gasteiger partial charge in [0.1, 0.15) is 0 Å². The van der Waals surface area contributed by atoms with Gasteiger partial charge >= 0.3 is 0 Å². The second-order valence-electron chi connectivity index (χ2n) is 5.08. The summed E-state index contributed by atoms with van der Waals surface area (Å²) >= 11 is 0. The molecule has 98 valence electrons. The van der Waals surface area contributed by atoms with Crippen molar-refractivity contribution in [3.8, 4) is 0 Å². The standard InChI is InChI=1S/C20H18/c1-2-3-4-5-6-11-18-15-20(18)19-13-12-16-9-7-8-10-17(16)14-19/h2-10,12-15,20H,1,11H2/b4-3-,6-5-. The predicted octanol–water partition coefficient (Wildman–Crippen LogP) is 5.55. The van der Waals surface area contributed by atoms with Crippen molar-refractivity contribution in [2.75, 3.05) is 0 Å². The molecule has 1 aliphatic rings. The van der Waals surface area contributed by atoms with E-state index in [0.29, 0.717) is 5.92 Å². The molecule has 0 nitrogen and oxygen atoms in total. The van der Waals surface area contributed by atoms with Crippen molar-refractivity contribution in [1.29, 1.82) is 0 Å². The molecule has 0 spiro atoms. The van der Waals surface area contributed by atoms with Crippen molar-refractivity contribution in [1.82, 2.24) is 0 Å². The third-order valence-corrected chi connectivity index (χ3v) is 3.65. The van der Waals surface area contributed by atoms with Crippen LogP contribution in [0.2, 0.25) is 0 Å². The number of fused-ring (bicyclic) bond motifs is 1. The van der Waals surface area contributed by atoms with Gasteiger partial charge in [0.25, 0.3) is 0 Å². The summed E-state index contributed by atoms with van der Waals surface area (Å²) in [4.78, 5) is 0. The van der Waals surface area contributed by atoms with Crippen LogP contribution in [0.3, 0.4) is 0 Å². The first-order chi connectivity index (χ1) is 9.88. The summed E-state index contributed by atoms with van der Waals surface area (Å²) in [5.41, 5.74) is 2.93. The first-order valence-corrected chi connectivity index (χ1v) is 7.02. The van der Waals surface area contributed by atoms with Crippen molar-refractivity contribution in [2.24, 2.45) is 0 Å². The third-order valence-electron chi connectivity index (χ3n) is 3.65. The van der Waals surface area contributed by atoms with Gasteiger partial charge in [-0.15, -0.1) is 0 Å². The average Bonchev–Trinajstić information content (AvgIpc) is 3.26. The summed E-state index contributed by atoms with van der Waals surface area (Å²) in [5.74, 6) is 0.549. The van der Waals surface area contributed by atoms with Gasteiger partial charge in [-0.3, -0.25) is 0 Å². The summed E-state index contributed by atoms with van der Waals surface area (Å²) in [6.07, 6.45) is 13.4. The molecule has 0 heteroatoms. The number of hydrogen-bond donors (Lipinski definition) is 0. The second-order valence-corrected chi connectivity index (χ2v) is 5.08. The lowest BCUT2D eigenvalue weighted by atomic mass is 10.0. The first kappa shape index (κ1) is 12.7. The Morgan fingerprint density at radius 3 is 2.65 bits per heavy atom. The van der Waals surface area contributed by atoms with Crippen molar-refractivity contribution in [2.45, 2.75) is 12.3 Å². The molecule has 0 heterocycles. The van der Waals surface area contributed by atoms with E-state index in [-0.39, 0.29) is 0 Å². The van der Waals surface area contributed by atoms with Crippen LogP contribution in [-0.2, 0) is 0 Å². The zero-order chi connectivity index (χ0) is 13.8. The van der Waals surface area contributed by atoms with Crippen molar-refractivity contribution in [3.05, 3.63) is 96.6 Å². The van der Waals surface area contributed by atoms with E-state index in [1.165, 1.54) is 21.9 Å². The van der Waals surface area contributed by atoms with Gasteiger partial charge in [0, 0.05) is 5.92 Å². The van der Waals surface area contributed by atoms with Crippen molar-refractivity contribution >= 4 is 10.8 Å². The van der Waals surface area contributed by atoms with Crippen LogP contribution in [-0.4, -0.2) is 0 Å². The molecule has 0 N–H and O–H groups in total. The summed E-state index contributed by atoms with van der Waals surface area (Å²) in [7, 11) is 0. The molecule has 0 saturated heterocycles. The molecule has 20 heavy (non-hydrogen) atoms. The van der Waals surface area contributed by atoms with Gasteiger partial charge < -0.3 is 0 Å². The molecule has 0 bridgehead atoms. The Morgan fingerprint density at radius 1 is 0.950 bits per heavy atom. The molecule has 0 amide bonds. The highest BCUT2D eigenvalue weighted by atomic mass is 14.3.